The van der Waals surface area contributed by atoms with Crippen LogP contribution in [0.2, 0.25) is 0 Å². The summed E-state index contributed by atoms with van der Waals surface area (Å²) in [6, 6.07) is 7.53. The van der Waals surface area contributed by atoms with Crippen LogP contribution in [0.15, 0.2) is 18.2 Å². The van der Waals surface area contributed by atoms with Crippen molar-refractivity contribution in [2.45, 2.75) is 39.4 Å². The third-order valence-electron chi connectivity index (χ3n) is 4.13. The van der Waals surface area contributed by atoms with Gasteiger partial charge in [-0.3, -0.25) is 9.80 Å². The first-order valence-electron chi connectivity index (χ1n) is 6.76. The smallest absolute Gasteiger partial charge is 0.0359 e. The second kappa shape index (κ2) is 5.29. The molecule has 1 fully saturated rings. The second-order valence-corrected chi connectivity index (χ2v) is 5.76. The van der Waals surface area contributed by atoms with Crippen molar-refractivity contribution in [1.29, 1.82) is 0 Å². The van der Waals surface area contributed by atoms with E-state index < -0.39 is 0 Å². The van der Waals surface area contributed by atoms with Crippen LogP contribution in [-0.2, 0) is 6.54 Å². The van der Waals surface area contributed by atoms with Gasteiger partial charge in [-0.1, -0.05) is 17.7 Å². The van der Waals surface area contributed by atoms with Crippen LogP contribution >= 0.6 is 0 Å². The Hall–Kier alpha value is -1.06. The summed E-state index contributed by atoms with van der Waals surface area (Å²) < 4.78 is 0. The van der Waals surface area contributed by atoms with E-state index in [0.717, 1.165) is 25.3 Å². The van der Waals surface area contributed by atoms with Crippen molar-refractivity contribution in [3.8, 4) is 0 Å². The number of nitrogen functional groups attached to an aromatic ring is 1. The van der Waals surface area contributed by atoms with E-state index in [1.54, 1.807) is 0 Å². The van der Waals surface area contributed by atoms with Crippen molar-refractivity contribution in [1.82, 2.24) is 9.80 Å². The molecule has 0 aliphatic carbocycles. The minimum absolute atomic E-state index is 0.611. The predicted octanol–water partition coefficient (Wildman–Crippen LogP) is 2.10. The van der Waals surface area contributed by atoms with Gasteiger partial charge in [-0.15, -0.1) is 0 Å². The van der Waals surface area contributed by atoms with Crippen molar-refractivity contribution in [3.05, 3.63) is 29.3 Å². The number of nitrogens with two attached hydrogens (primary N) is 1. The van der Waals surface area contributed by atoms with E-state index in [9.17, 15) is 0 Å². The summed E-state index contributed by atoms with van der Waals surface area (Å²) in [6.45, 7) is 9.92. The van der Waals surface area contributed by atoms with Gasteiger partial charge in [0.15, 0.2) is 0 Å². The molecule has 0 bridgehead atoms. The monoisotopic (exact) mass is 247 g/mol. The van der Waals surface area contributed by atoms with Crippen molar-refractivity contribution in [2.75, 3.05) is 25.9 Å². The van der Waals surface area contributed by atoms with Gasteiger partial charge < -0.3 is 5.73 Å². The Morgan fingerprint density at radius 2 is 1.83 bits per heavy atom. The van der Waals surface area contributed by atoms with Gasteiger partial charge in [-0.05, 0) is 39.4 Å². The summed E-state index contributed by atoms with van der Waals surface area (Å²) in [7, 11) is 2.22. The highest BCUT2D eigenvalue weighted by Crippen LogP contribution is 2.20. The Bertz CT molecular complexity index is 404. The van der Waals surface area contributed by atoms with Crippen molar-refractivity contribution < 1.29 is 0 Å². The largest absolute Gasteiger partial charge is 0.398 e. The maximum Gasteiger partial charge on any atom is 0.0359 e. The summed E-state index contributed by atoms with van der Waals surface area (Å²) in [5, 5.41) is 0. The van der Waals surface area contributed by atoms with Crippen LogP contribution in [0.25, 0.3) is 0 Å². The molecule has 1 aromatic rings. The number of likely N-dealkylation sites (N-methyl/N-ethyl adjacent to an activating group) is 1. The fourth-order valence-electron chi connectivity index (χ4n) is 2.76. The topological polar surface area (TPSA) is 32.5 Å². The van der Waals surface area contributed by atoms with E-state index in [2.05, 4.69) is 49.8 Å². The summed E-state index contributed by atoms with van der Waals surface area (Å²) in [6.07, 6.45) is 0. The third-order valence-corrected chi connectivity index (χ3v) is 4.13. The lowest BCUT2D eigenvalue weighted by atomic mass is 10.1. The van der Waals surface area contributed by atoms with E-state index in [4.69, 9.17) is 5.73 Å². The van der Waals surface area contributed by atoms with Gasteiger partial charge in [-0.2, -0.15) is 0 Å². The van der Waals surface area contributed by atoms with E-state index in [-0.39, 0.29) is 0 Å². The maximum absolute atomic E-state index is 6.07. The molecule has 0 aromatic heterocycles. The van der Waals surface area contributed by atoms with Gasteiger partial charge in [0, 0.05) is 37.4 Å². The zero-order chi connectivity index (χ0) is 13.3. The van der Waals surface area contributed by atoms with Crippen molar-refractivity contribution >= 4 is 5.69 Å². The molecule has 0 spiro atoms. The van der Waals surface area contributed by atoms with Crippen LogP contribution in [0.3, 0.4) is 0 Å². The highest BCUT2D eigenvalue weighted by molar-refractivity contribution is 5.48. The average Bonchev–Trinajstić information content (AvgIpc) is 2.31. The fourth-order valence-corrected chi connectivity index (χ4v) is 2.76. The summed E-state index contributed by atoms with van der Waals surface area (Å²) >= 11 is 0. The number of piperazine rings is 1. The zero-order valence-corrected chi connectivity index (χ0v) is 12.0. The number of hydrogen-bond donors (Lipinski definition) is 1. The lowest BCUT2D eigenvalue weighted by Crippen LogP contribution is -2.54. The third kappa shape index (κ3) is 2.85. The Kier molecular flexibility index (Phi) is 3.93. The van der Waals surface area contributed by atoms with Gasteiger partial charge >= 0.3 is 0 Å². The van der Waals surface area contributed by atoms with E-state index >= 15 is 0 Å². The number of aryl methyl sites for hydroxylation is 1. The number of anilines is 1. The lowest BCUT2D eigenvalue weighted by Gasteiger charge is -2.42. The molecule has 1 heterocycles. The first-order chi connectivity index (χ1) is 8.47. The van der Waals surface area contributed by atoms with Gasteiger partial charge in [0.25, 0.3) is 0 Å². The van der Waals surface area contributed by atoms with Crippen LogP contribution in [0, 0.1) is 6.92 Å². The molecule has 2 atom stereocenters. The van der Waals surface area contributed by atoms with Crippen LogP contribution in [0.1, 0.15) is 25.0 Å². The highest BCUT2D eigenvalue weighted by Gasteiger charge is 2.26. The quantitative estimate of drug-likeness (QED) is 0.812. The van der Waals surface area contributed by atoms with E-state index in [1.807, 2.05) is 6.07 Å². The van der Waals surface area contributed by atoms with Crippen LogP contribution in [-0.4, -0.2) is 42.0 Å². The maximum atomic E-state index is 6.07. The Morgan fingerprint density at radius 1 is 1.22 bits per heavy atom. The molecule has 18 heavy (non-hydrogen) atoms. The van der Waals surface area contributed by atoms with Gasteiger partial charge in [0.05, 0.1) is 0 Å². The molecule has 2 unspecified atom stereocenters. The molecule has 1 aliphatic rings. The lowest BCUT2D eigenvalue weighted by molar-refractivity contribution is 0.0557. The first-order valence-corrected chi connectivity index (χ1v) is 6.76. The average molecular weight is 247 g/mol. The molecule has 0 radical (unpaired) electrons. The Morgan fingerprint density at radius 3 is 2.44 bits per heavy atom. The number of rotatable bonds is 2. The first kappa shape index (κ1) is 13.4. The summed E-state index contributed by atoms with van der Waals surface area (Å²) in [4.78, 5) is 4.97. The molecule has 100 valence electrons. The Balaban J connectivity index is 2.07. The number of nitrogens with zero attached hydrogens (tertiary/aromatic N) is 2. The normalized spacial score (nSPS) is 26.4. The second-order valence-electron chi connectivity index (χ2n) is 5.76. The van der Waals surface area contributed by atoms with E-state index in [1.165, 1.54) is 11.1 Å². The van der Waals surface area contributed by atoms with Crippen molar-refractivity contribution in [3.63, 3.8) is 0 Å². The minimum atomic E-state index is 0.611. The van der Waals surface area contributed by atoms with E-state index in [0.29, 0.717) is 12.1 Å². The molecule has 2 rings (SSSR count). The highest BCUT2D eigenvalue weighted by atomic mass is 15.3. The molecular formula is C15H25N3. The molecule has 1 aliphatic heterocycles. The molecule has 1 aromatic carbocycles. The summed E-state index contributed by atoms with van der Waals surface area (Å²) in [5.74, 6) is 0. The number of benzene rings is 1. The molecule has 0 saturated carbocycles. The minimum Gasteiger partial charge on any atom is -0.398 e. The molecule has 0 amide bonds. The predicted molar refractivity (Wildman–Crippen MR) is 77.6 cm³/mol. The van der Waals surface area contributed by atoms with Crippen LogP contribution in [0.4, 0.5) is 5.69 Å². The SMILES string of the molecule is Cc1ccc(N)c(CN2CC(C)N(C)C(C)C2)c1. The van der Waals surface area contributed by atoms with Crippen LogP contribution in [0.5, 0.6) is 0 Å². The van der Waals surface area contributed by atoms with Gasteiger partial charge in [0.1, 0.15) is 0 Å². The van der Waals surface area contributed by atoms with Gasteiger partial charge in [-0.25, -0.2) is 0 Å². The molecule has 3 nitrogen and oxygen atoms in total. The Labute approximate surface area is 111 Å². The standard InChI is InChI=1S/C15H25N3/c1-11-5-6-15(16)14(7-11)10-18-8-12(2)17(4)13(3)9-18/h5-7,12-13H,8-10,16H2,1-4H3. The zero-order valence-electron chi connectivity index (χ0n) is 12.0. The van der Waals surface area contributed by atoms with Crippen LogP contribution < -0.4 is 5.73 Å². The van der Waals surface area contributed by atoms with Gasteiger partial charge in [0.2, 0.25) is 0 Å². The molecule has 1 saturated heterocycles. The molecule has 3 heteroatoms. The summed E-state index contributed by atoms with van der Waals surface area (Å²) in [5.41, 5.74) is 9.53. The number of hydrogen-bond acceptors (Lipinski definition) is 3. The fraction of sp³-hybridized carbons (Fsp3) is 0.600. The molecular weight excluding hydrogens is 222 g/mol. The van der Waals surface area contributed by atoms with Crippen molar-refractivity contribution in [2.24, 2.45) is 0 Å². The molecule has 2 N–H and O–H groups in total.